The highest BCUT2D eigenvalue weighted by molar-refractivity contribution is 7.88. The predicted molar refractivity (Wildman–Crippen MR) is 83.1 cm³/mol. The van der Waals surface area contributed by atoms with E-state index in [4.69, 9.17) is 4.74 Å². The van der Waals surface area contributed by atoms with E-state index in [0.717, 1.165) is 31.9 Å². The van der Waals surface area contributed by atoms with Crippen molar-refractivity contribution >= 4 is 16.0 Å². The Bertz CT molecular complexity index is 600. The van der Waals surface area contributed by atoms with Crippen LogP contribution < -0.4 is 4.90 Å². The third-order valence-electron chi connectivity index (χ3n) is 4.53. The summed E-state index contributed by atoms with van der Waals surface area (Å²) in [6.45, 7) is 4.03. The second-order valence-electron chi connectivity index (χ2n) is 6.18. The average Bonchev–Trinajstić information content (AvgIpc) is 2.71. The molecule has 8 heteroatoms. The average molecular weight is 326 g/mol. The van der Waals surface area contributed by atoms with Crippen molar-refractivity contribution in [3.8, 4) is 0 Å². The molecule has 1 spiro atoms. The Morgan fingerprint density at radius 1 is 1.18 bits per heavy atom. The molecule has 0 bridgehead atoms. The Morgan fingerprint density at radius 2 is 1.86 bits per heavy atom. The summed E-state index contributed by atoms with van der Waals surface area (Å²) < 4.78 is 30.7. The van der Waals surface area contributed by atoms with Crippen LogP contribution in [0.1, 0.15) is 12.8 Å². The van der Waals surface area contributed by atoms with E-state index < -0.39 is 10.0 Å². The zero-order chi connectivity index (χ0) is 15.6. The first-order chi connectivity index (χ1) is 10.5. The molecule has 0 aliphatic carbocycles. The summed E-state index contributed by atoms with van der Waals surface area (Å²) in [6, 6.07) is 1.80. The van der Waals surface area contributed by atoms with Crippen molar-refractivity contribution < 1.29 is 13.2 Å². The molecule has 122 valence electrons. The molecule has 0 radical (unpaired) electrons. The molecule has 3 heterocycles. The molecule has 22 heavy (non-hydrogen) atoms. The van der Waals surface area contributed by atoms with Crippen LogP contribution in [0.25, 0.3) is 0 Å². The van der Waals surface area contributed by atoms with E-state index in [1.165, 1.54) is 6.26 Å². The summed E-state index contributed by atoms with van der Waals surface area (Å²) in [7, 11) is -3.10. The molecule has 2 saturated heterocycles. The van der Waals surface area contributed by atoms with Gasteiger partial charge in [-0.3, -0.25) is 0 Å². The monoisotopic (exact) mass is 326 g/mol. The Labute approximate surface area is 131 Å². The molecule has 0 N–H and O–H groups in total. The molecule has 0 saturated carbocycles. The first-order valence-electron chi connectivity index (χ1n) is 7.53. The van der Waals surface area contributed by atoms with Crippen LogP contribution in [0.2, 0.25) is 0 Å². The minimum atomic E-state index is -3.10. The number of aromatic nitrogens is 2. The quantitative estimate of drug-likeness (QED) is 0.781. The van der Waals surface area contributed by atoms with Gasteiger partial charge in [-0.05, 0) is 18.9 Å². The van der Waals surface area contributed by atoms with Gasteiger partial charge < -0.3 is 9.64 Å². The van der Waals surface area contributed by atoms with E-state index in [1.54, 1.807) is 22.8 Å². The van der Waals surface area contributed by atoms with E-state index in [1.807, 2.05) is 0 Å². The fourth-order valence-electron chi connectivity index (χ4n) is 3.21. The SMILES string of the molecule is CS(=O)(=O)N1CCC2(CC1)COCCN(c1ncccn1)C2. The van der Waals surface area contributed by atoms with Gasteiger partial charge >= 0.3 is 0 Å². The van der Waals surface area contributed by atoms with E-state index in [0.29, 0.717) is 26.3 Å². The van der Waals surface area contributed by atoms with Crippen LogP contribution in [0.3, 0.4) is 0 Å². The van der Waals surface area contributed by atoms with Crippen LogP contribution in [0.15, 0.2) is 18.5 Å². The zero-order valence-electron chi connectivity index (χ0n) is 12.8. The third-order valence-corrected chi connectivity index (χ3v) is 5.83. The van der Waals surface area contributed by atoms with Crippen LogP contribution in [0, 0.1) is 5.41 Å². The van der Waals surface area contributed by atoms with Gasteiger partial charge in [-0.25, -0.2) is 22.7 Å². The maximum atomic E-state index is 11.7. The highest BCUT2D eigenvalue weighted by Gasteiger charge is 2.40. The van der Waals surface area contributed by atoms with Crippen molar-refractivity contribution in [2.75, 3.05) is 50.5 Å². The third kappa shape index (κ3) is 3.39. The van der Waals surface area contributed by atoms with Gasteiger partial charge in [0.15, 0.2) is 0 Å². The number of rotatable bonds is 2. The second kappa shape index (κ2) is 6.10. The van der Waals surface area contributed by atoms with Crippen molar-refractivity contribution in [1.82, 2.24) is 14.3 Å². The number of piperidine rings is 1. The number of hydrogen-bond acceptors (Lipinski definition) is 6. The number of nitrogens with zero attached hydrogens (tertiary/aromatic N) is 4. The number of sulfonamides is 1. The first kappa shape index (κ1) is 15.6. The standard InChI is InChI=1S/C14H22N4O3S/c1-22(19,20)18-7-3-14(4-8-18)11-17(9-10-21-12-14)13-15-5-2-6-16-13/h2,5-6H,3-4,7-12H2,1H3. The van der Waals surface area contributed by atoms with Gasteiger partial charge in [0, 0.05) is 44.0 Å². The molecule has 0 amide bonds. The first-order valence-corrected chi connectivity index (χ1v) is 9.38. The molecular formula is C14H22N4O3S. The van der Waals surface area contributed by atoms with Crippen molar-refractivity contribution in [3.63, 3.8) is 0 Å². The van der Waals surface area contributed by atoms with Gasteiger partial charge in [-0.15, -0.1) is 0 Å². The normalized spacial score (nSPS) is 23.4. The summed E-state index contributed by atoms with van der Waals surface area (Å²) >= 11 is 0. The highest BCUT2D eigenvalue weighted by Crippen LogP contribution is 2.35. The topological polar surface area (TPSA) is 75.6 Å². The van der Waals surface area contributed by atoms with Crippen molar-refractivity contribution in [1.29, 1.82) is 0 Å². The fraction of sp³-hybridized carbons (Fsp3) is 0.714. The molecule has 7 nitrogen and oxygen atoms in total. The number of hydrogen-bond donors (Lipinski definition) is 0. The largest absolute Gasteiger partial charge is 0.379 e. The summed E-state index contributed by atoms with van der Waals surface area (Å²) in [6.07, 6.45) is 6.38. The Kier molecular flexibility index (Phi) is 4.33. The lowest BCUT2D eigenvalue weighted by molar-refractivity contribution is 0.0375. The van der Waals surface area contributed by atoms with Gasteiger partial charge in [-0.2, -0.15) is 0 Å². The molecule has 2 aliphatic heterocycles. The van der Waals surface area contributed by atoms with Crippen molar-refractivity contribution in [2.24, 2.45) is 5.41 Å². The smallest absolute Gasteiger partial charge is 0.225 e. The number of anilines is 1. The Balaban J connectivity index is 1.74. The Hall–Kier alpha value is -1.25. The minimum Gasteiger partial charge on any atom is -0.379 e. The lowest BCUT2D eigenvalue weighted by Crippen LogP contribution is -2.48. The van der Waals surface area contributed by atoms with Crippen LogP contribution in [0.4, 0.5) is 5.95 Å². The molecule has 2 fully saturated rings. The van der Waals surface area contributed by atoms with Crippen LogP contribution in [-0.4, -0.2) is 68.3 Å². The number of ether oxygens (including phenoxy) is 1. The highest BCUT2D eigenvalue weighted by atomic mass is 32.2. The minimum absolute atomic E-state index is 0.0170. The maximum Gasteiger partial charge on any atom is 0.225 e. The predicted octanol–water partition coefficient (Wildman–Crippen LogP) is 0.355. The van der Waals surface area contributed by atoms with E-state index in [9.17, 15) is 8.42 Å². The summed E-state index contributed by atoms with van der Waals surface area (Å²) in [5, 5.41) is 0. The molecule has 2 aliphatic rings. The molecule has 0 aromatic carbocycles. The molecule has 1 aromatic heterocycles. The fourth-order valence-corrected chi connectivity index (χ4v) is 4.06. The Morgan fingerprint density at radius 3 is 2.50 bits per heavy atom. The van der Waals surface area contributed by atoms with Crippen LogP contribution in [0.5, 0.6) is 0 Å². The van der Waals surface area contributed by atoms with Crippen molar-refractivity contribution in [3.05, 3.63) is 18.5 Å². The summed E-state index contributed by atoms with van der Waals surface area (Å²) in [5.74, 6) is 0.720. The van der Waals surface area contributed by atoms with Gasteiger partial charge in [-0.1, -0.05) is 0 Å². The molecule has 0 atom stereocenters. The maximum absolute atomic E-state index is 11.7. The van der Waals surface area contributed by atoms with Gasteiger partial charge in [0.05, 0.1) is 19.5 Å². The van der Waals surface area contributed by atoms with Crippen LogP contribution in [-0.2, 0) is 14.8 Å². The molecule has 1 aromatic rings. The van der Waals surface area contributed by atoms with Gasteiger partial charge in [0.1, 0.15) is 0 Å². The molecular weight excluding hydrogens is 304 g/mol. The van der Waals surface area contributed by atoms with Gasteiger partial charge in [0.25, 0.3) is 0 Å². The molecule has 0 unspecified atom stereocenters. The van der Waals surface area contributed by atoms with E-state index >= 15 is 0 Å². The van der Waals surface area contributed by atoms with E-state index in [-0.39, 0.29) is 5.41 Å². The lowest BCUT2D eigenvalue weighted by Gasteiger charge is -2.41. The summed E-state index contributed by atoms with van der Waals surface area (Å²) in [5.41, 5.74) is -0.0170. The second-order valence-corrected chi connectivity index (χ2v) is 8.17. The van der Waals surface area contributed by atoms with Crippen molar-refractivity contribution in [2.45, 2.75) is 12.8 Å². The summed E-state index contributed by atoms with van der Waals surface area (Å²) in [4.78, 5) is 10.8. The van der Waals surface area contributed by atoms with Crippen LogP contribution >= 0.6 is 0 Å². The zero-order valence-corrected chi connectivity index (χ0v) is 13.6. The lowest BCUT2D eigenvalue weighted by atomic mass is 9.79. The molecule has 3 rings (SSSR count). The van der Waals surface area contributed by atoms with Gasteiger partial charge in [0.2, 0.25) is 16.0 Å². The van der Waals surface area contributed by atoms with E-state index in [2.05, 4.69) is 14.9 Å².